The van der Waals surface area contributed by atoms with Gasteiger partial charge in [0.2, 0.25) is 5.91 Å². The number of unbranched alkanes of at least 4 members (excludes halogenated alkanes) is 32. The van der Waals surface area contributed by atoms with Crippen LogP contribution in [0.3, 0.4) is 0 Å². The molecule has 4 N–H and O–H groups in total. The predicted octanol–water partition coefficient (Wildman–Crippen LogP) is 12.3. The lowest BCUT2D eigenvalue weighted by Crippen LogP contribution is -2.50. The Morgan fingerprint density at radius 1 is 0.519 bits per heavy atom. The molecule has 3 unspecified atom stereocenters. The SMILES string of the molecule is CCCCCCCCCCCCCCCC/C=C/C(O)C(CS(=O)(=O)O)NC(=O)C(O)CCCCCCCCCCCCCCCCCCCCC. The third kappa shape index (κ3) is 37.4. The van der Waals surface area contributed by atoms with Crippen molar-refractivity contribution in [2.75, 3.05) is 5.75 Å². The summed E-state index contributed by atoms with van der Waals surface area (Å²) in [5.74, 6) is -1.52. The number of amides is 1. The normalized spacial score (nSPS) is 13.9. The number of nitrogens with one attached hydrogen (secondary N) is 1. The largest absolute Gasteiger partial charge is 0.387 e. The Bertz CT molecular complexity index is 895. The minimum Gasteiger partial charge on any atom is -0.387 e. The molecule has 7 nitrogen and oxygen atoms in total. The van der Waals surface area contributed by atoms with Crippen LogP contribution in [0.25, 0.3) is 0 Å². The second-order valence-electron chi connectivity index (χ2n) is 15.8. The second kappa shape index (κ2) is 38.3. The van der Waals surface area contributed by atoms with Gasteiger partial charge in [0.25, 0.3) is 10.1 Å². The van der Waals surface area contributed by atoms with Crippen molar-refractivity contribution in [3.63, 3.8) is 0 Å². The first kappa shape index (κ1) is 51.0. The van der Waals surface area contributed by atoms with Gasteiger partial charge in [-0.2, -0.15) is 8.42 Å². The van der Waals surface area contributed by atoms with Gasteiger partial charge in [-0.25, -0.2) is 0 Å². The summed E-state index contributed by atoms with van der Waals surface area (Å²) in [5.41, 5.74) is 0. The minimum absolute atomic E-state index is 0.286. The summed E-state index contributed by atoms with van der Waals surface area (Å²) in [6.45, 7) is 4.53. The summed E-state index contributed by atoms with van der Waals surface area (Å²) in [4.78, 5) is 12.6. The minimum atomic E-state index is -4.44. The van der Waals surface area contributed by atoms with Gasteiger partial charge in [-0.05, 0) is 19.3 Å². The monoisotopic (exact) mass is 758 g/mol. The summed E-state index contributed by atoms with van der Waals surface area (Å²) < 4.78 is 32.6. The fourth-order valence-electron chi connectivity index (χ4n) is 7.11. The van der Waals surface area contributed by atoms with Gasteiger partial charge in [-0.15, -0.1) is 0 Å². The van der Waals surface area contributed by atoms with E-state index >= 15 is 0 Å². The number of carbonyl (C=O) groups excluding carboxylic acids is 1. The van der Waals surface area contributed by atoms with Crippen molar-refractivity contribution in [3.05, 3.63) is 12.2 Å². The molecule has 0 aliphatic rings. The third-order valence-electron chi connectivity index (χ3n) is 10.6. The smallest absolute Gasteiger partial charge is 0.267 e. The van der Waals surface area contributed by atoms with Crippen LogP contribution in [0.2, 0.25) is 0 Å². The molecule has 0 heterocycles. The maximum Gasteiger partial charge on any atom is 0.267 e. The molecule has 0 spiro atoms. The standard InChI is InChI=1S/C44H87NO6S/c1-3-5-7-9-11-13-15-17-19-21-22-23-25-27-29-31-33-35-37-39-43(47)44(48)45-41(40-52(49,50)51)42(46)38-36-34-32-30-28-26-24-20-18-16-14-12-10-8-6-4-2/h36,38,41-43,46-47H,3-35,37,39-40H2,1-2H3,(H,45,48)(H,49,50,51)/b38-36+. The van der Waals surface area contributed by atoms with E-state index < -0.39 is 40.0 Å². The maximum atomic E-state index is 12.6. The Hall–Kier alpha value is -0.960. The first-order valence-corrected chi connectivity index (χ1v) is 24.1. The Morgan fingerprint density at radius 3 is 1.15 bits per heavy atom. The predicted molar refractivity (Wildman–Crippen MR) is 222 cm³/mol. The first-order valence-electron chi connectivity index (χ1n) is 22.5. The molecule has 0 aromatic heterocycles. The van der Waals surface area contributed by atoms with Crippen LogP contribution in [0.5, 0.6) is 0 Å². The van der Waals surface area contributed by atoms with Crippen molar-refractivity contribution < 1.29 is 28.0 Å². The highest BCUT2D eigenvalue weighted by molar-refractivity contribution is 7.85. The number of aliphatic hydroxyl groups excluding tert-OH is 2. The summed E-state index contributed by atoms with van der Waals surface area (Å²) in [7, 11) is -4.44. The average molecular weight is 758 g/mol. The molecule has 0 fully saturated rings. The van der Waals surface area contributed by atoms with Crippen LogP contribution in [-0.2, 0) is 14.9 Å². The van der Waals surface area contributed by atoms with Gasteiger partial charge < -0.3 is 15.5 Å². The molecule has 0 aromatic rings. The first-order chi connectivity index (χ1) is 25.2. The number of carbonyl (C=O) groups is 1. The van der Waals surface area contributed by atoms with Crippen LogP contribution in [0.15, 0.2) is 12.2 Å². The lowest BCUT2D eigenvalue weighted by atomic mass is 10.0. The molecule has 3 atom stereocenters. The van der Waals surface area contributed by atoms with Crippen molar-refractivity contribution in [2.45, 2.75) is 257 Å². The molecule has 0 aromatic carbocycles. The van der Waals surface area contributed by atoms with Gasteiger partial charge in [0.15, 0.2) is 0 Å². The van der Waals surface area contributed by atoms with E-state index in [1.54, 1.807) is 0 Å². The van der Waals surface area contributed by atoms with Crippen LogP contribution in [0, 0.1) is 0 Å². The third-order valence-corrected chi connectivity index (χ3v) is 11.4. The molecule has 1 amide bonds. The van der Waals surface area contributed by atoms with Gasteiger partial charge in [0.1, 0.15) is 6.10 Å². The topological polar surface area (TPSA) is 124 Å². The van der Waals surface area contributed by atoms with E-state index in [-0.39, 0.29) is 6.42 Å². The Kier molecular flexibility index (Phi) is 37.6. The molecule has 0 saturated carbocycles. The van der Waals surface area contributed by atoms with E-state index in [0.29, 0.717) is 6.42 Å². The highest BCUT2D eigenvalue weighted by atomic mass is 32.2. The number of allylic oxidation sites excluding steroid dienone is 1. The van der Waals surface area contributed by atoms with Gasteiger partial charge >= 0.3 is 0 Å². The van der Waals surface area contributed by atoms with Crippen molar-refractivity contribution in [3.8, 4) is 0 Å². The van der Waals surface area contributed by atoms with E-state index in [1.165, 1.54) is 179 Å². The number of hydrogen-bond acceptors (Lipinski definition) is 5. The summed E-state index contributed by atoms with van der Waals surface area (Å²) in [6.07, 6.45) is 44.1. The molecular formula is C44H87NO6S. The average Bonchev–Trinajstić information content (AvgIpc) is 3.11. The summed E-state index contributed by atoms with van der Waals surface area (Å²) >= 11 is 0. The fourth-order valence-corrected chi connectivity index (χ4v) is 7.84. The van der Waals surface area contributed by atoms with Gasteiger partial charge in [0.05, 0.1) is 17.9 Å². The summed E-state index contributed by atoms with van der Waals surface area (Å²) in [6, 6.07) is -1.23. The van der Waals surface area contributed by atoms with Crippen LogP contribution in [0.1, 0.15) is 239 Å². The zero-order valence-corrected chi connectivity index (χ0v) is 35.1. The second-order valence-corrected chi connectivity index (χ2v) is 17.3. The van der Waals surface area contributed by atoms with Crippen LogP contribution >= 0.6 is 0 Å². The van der Waals surface area contributed by atoms with Crippen molar-refractivity contribution in [2.24, 2.45) is 0 Å². The zero-order chi connectivity index (χ0) is 38.4. The summed E-state index contributed by atoms with van der Waals surface area (Å²) in [5, 5.41) is 23.5. The van der Waals surface area contributed by atoms with E-state index in [2.05, 4.69) is 19.2 Å². The van der Waals surface area contributed by atoms with Gasteiger partial charge in [-0.1, -0.05) is 231 Å². The zero-order valence-electron chi connectivity index (χ0n) is 34.3. The van der Waals surface area contributed by atoms with Crippen LogP contribution in [0.4, 0.5) is 0 Å². The van der Waals surface area contributed by atoms with Crippen LogP contribution < -0.4 is 5.32 Å². The molecule has 8 heteroatoms. The molecule has 0 aliphatic carbocycles. The quantitative estimate of drug-likeness (QED) is 0.0280. The van der Waals surface area contributed by atoms with E-state index in [9.17, 15) is 28.0 Å². The van der Waals surface area contributed by atoms with Crippen molar-refractivity contribution in [1.82, 2.24) is 5.32 Å². The highest BCUT2D eigenvalue weighted by Gasteiger charge is 2.27. The molecule has 0 radical (unpaired) electrons. The van der Waals surface area contributed by atoms with Crippen molar-refractivity contribution >= 4 is 16.0 Å². The van der Waals surface area contributed by atoms with Gasteiger partial charge in [-0.3, -0.25) is 9.35 Å². The molecule has 0 rings (SSSR count). The number of hydrogen-bond donors (Lipinski definition) is 4. The van der Waals surface area contributed by atoms with Gasteiger partial charge in [0, 0.05) is 0 Å². The van der Waals surface area contributed by atoms with Crippen molar-refractivity contribution in [1.29, 1.82) is 0 Å². The fraction of sp³-hybridized carbons (Fsp3) is 0.932. The molecule has 0 saturated heterocycles. The highest BCUT2D eigenvalue weighted by Crippen LogP contribution is 2.16. The Labute approximate surface area is 323 Å². The molecule has 0 bridgehead atoms. The lowest BCUT2D eigenvalue weighted by Gasteiger charge is -2.22. The van der Waals surface area contributed by atoms with E-state index in [1.807, 2.05) is 6.08 Å². The lowest BCUT2D eigenvalue weighted by molar-refractivity contribution is -0.130. The Morgan fingerprint density at radius 2 is 0.827 bits per heavy atom. The molecule has 52 heavy (non-hydrogen) atoms. The molecule has 0 aliphatic heterocycles. The van der Waals surface area contributed by atoms with E-state index in [4.69, 9.17) is 0 Å². The molecular weight excluding hydrogens is 671 g/mol. The number of rotatable bonds is 41. The maximum absolute atomic E-state index is 12.6. The van der Waals surface area contributed by atoms with Crippen LogP contribution in [-0.4, -0.2) is 53.1 Å². The number of aliphatic hydroxyl groups is 2. The molecule has 310 valence electrons. The Balaban J connectivity index is 3.94. The van der Waals surface area contributed by atoms with E-state index in [0.717, 1.165) is 38.5 Å².